The molecule has 0 bridgehead atoms. The van der Waals surface area contributed by atoms with Gasteiger partial charge in [-0.05, 0) is 12.0 Å². The van der Waals surface area contributed by atoms with Crippen LogP contribution in [0.2, 0.25) is 0 Å². The minimum Gasteiger partial charge on any atom is -0.277 e. The van der Waals surface area contributed by atoms with Crippen LogP contribution in [-0.2, 0) is 16.1 Å². The van der Waals surface area contributed by atoms with E-state index in [0.717, 1.165) is 5.56 Å². The molecule has 0 saturated carbocycles. The van der Waals surface area contributed by atoms with Crippen LogP contribution in [0.1, 0.15) is 19.4 Å². The first-order chi connectivity index (χ1) is 7.06. The van der Waals surface area contributed by atoms with Crippen LogP contribution in [0.4, 0.5) is 0 Å². The average Bonchev–Trinajstić information content (AvgIpc) is 2.19. The van der Waals surface area contributed by atoms with E-state index in [0.29, 0.717) is 6.42 Å². The van der Waals surface area contributed by atoms with Crippen molar-refractivity contribution < 1.29 is 9.63 Å². The van der Waals surface area contributed by atoms with Crippen molar-refractivity contribution in [3.63, 3.8) is 0 Å². The molecule has 1 rings (SSSR count). The van der Waals surface area contributed by atoms with Crippen LogP contribution < -0.4 is 5.48 Å². The monoisotopic (exact) mass is 207 g/mol. The summed E-state index contributed by atoms with van der Waals surface area (Å²) in [7, 11) is 1.44. The van der Waals surface area contributed by atoms with Crippen LogP contribution in [0.5, 0.6) is 0 Å². The maximum atomic E-state index is 11.6. The lowest BCUT2D eigenvalue weighted by Crippen LogP contribution is -2.37. The van der Waals surface area contributed by atoms with E-state index in [9.17, 15) is 4.79 Å². The molecular formula is C12H17NO2. The molecule has 1 aromatic rings. The van der Waals surface area contributed by atoms with Gasteiger partial charge in [0.2, 0.25) is 5.91 Å². The summed E-state index contributed by atoms with van der Waals surface area (Å²) >= 11 is 0. The number of hydrogen-bond donors (Lipinski definition) is 1. The van der Waals surface area contributed by atoms with Gasteiger partial charge in [0.25, 0.3) is 0 Å². The quantitative estimate of drug-likeness (QED) is 0.766. The van der Waals surface area contributed by atoms with Gasteiger partial charge in [-0.15, -0.1) is 0 Å². The van der Waals surface area contributed by atoms with Crippen LogP contribution in [0.25, 0.3) is 0 Å². The zero-order valence-electron chi connectivity index (χ0n) is 9.41. The summed E-state index contributed by atoms with van der Waals surface area (Å²) < 4.78 is 0. The maximum Gasteiger partial charge on any atom is 0.249 e. The van der Waals surface area contributed by atoms with Crippen molar-refractivity contribution in [3.05, 3.63) is 35.9 Å². The zero-order chi connectivity index (χ0) is 11.3. The van der Waals surface area contributed by atoms with E-state index in [-0.39, 0.29) is 5.91 Å². The molecule has 1 amide bonds. The van der Waals surface area contributed by atoms with Crippen molar-refractivity contribution in [2.75, 3.05) is 7.11 Å². The Morgan fingerprint density at radius 3 is 2.47 bits per heavy atom. The van der Waals surface area contributed by atoms with Gasteiger partial charge in [0, 0.05) is 5.41 Å². The second-order valence-electron chi connectivity index (χ2n) is 4.18. The van der Waals surface area contributed by atoms with Crippen LogP contribution in [0.3, 0.4) is 0 Å². The molecule has 0 aromatic heterocycles. The van der Waals surface area contributed by atoms with Gasteiger partial charge < -0.3 is 0 Å². The molecule has 15 heavy (non-hydrogen) atoms. The van der Waals surface area contributed by atoms with Crippen molar-refractivity contribution in [1.29, 1.82) is 0 Å². The second-order valence-corrected chi connectivity index (χ2v) is 4.18. The van der Waals surface area contributed by atoms with Gasteiger partial charge in [-0.1, -0.05) is 44.2 Å². The molecule has 0 aliphatic carbocycles. The van der Waals surface area contributed by atoms with Crippen molar-refractivity contribution in [2.45, 2.75) is 20.3 Å². The smallest absolute Gasteiger partial charge is 0.249 e. The molecular weight excluding hydrogens is 190 g/mol. The third-order valence-corrected chi connectivity index (χ3v) is 2.30. The summed E-state index contributed by atoms with van der Waals surface area (Å²) in [6, 6.07) is 9.94. The summed E-state index contributed by atoms with van der Waals surface area (Å²) in [4.78, 5) is 16.3. The summed E-state index contributed by atoms with van der Waals surface area (Å²) in [5.41, 5.74) is 3.05. The van der Waals surface area contributed by atoms with Gasteiger partial charge in [-0.25, -0.2) is 5.48 Å². The highest BCUT2D eigenvalue weighted by Gasteiger charge is 2.27. The van der Waals surface area contributed by atoms with E-state index in [4.69, 9.17) is 0 Å². The highest BCUT2D eigenvalue weighted by molar-refractivity contribution is 5.81. The standard InChI is InChI=1S/C12H17NO2/c1-12(2,11(14)13-15-3)9-10-7-5-4-6-8-10/h4-8H,9H2,1-3H3,(H,13,14). The first kappa shape index (κ1) is 11.7. The number of carbonyl (C=O) groups is 1. The lowest BCUT2D eigenvalue weighted by atomic mass is 9.85. The van der Waals surface area contributed by atoms with Gasteiger partial charge in [0.05, 0.1) is 7.11 Å². The molecule has 0 saturated heterocycles. The Labute approximate surface area is 90.4 Å². The molecule has 0 atom stereocenters. The van der Waals surface area contributed by atoms with Crippen molar-refractivity contribution in [1.82, 2.24) is 5.48 Å². The molecule has 3 nitrogen and oxygen atoms in total. The Kier molecular flexibility index (Phi) is 3.86. The lowest BCUT2D eigenvalue weighted by molar-refractivity contribution is -0.140. The van der Waals surface area contributed by atoms with Crippen LogP contribution in [-0.4, -0.2) is 13.0 Å². The summed E-state index contributed by atoms with van der Waals surface area (Å²) in [6.45, 7) is 3.79. The van der Waals surface area contributed by atoms with Crippen molar-refractivity contribution >= 4 is 5.91 Å². The molecule has 1 N–H and O–H groups in total. The van der Waals surface area contributed by atoms with E-state index < -0.39 is 5.41 Å². The van der Waals surface area contributed by atoms with E-state index in [1.807, 2.05) is 44.2 Å². The third-order valence-electron chi connectivity index (χ3n) is 2.30. The van der Waals surface area contributed by atoms with Crippen LogP contribution >= 0.6 is 0 Å². The fourth-order valence-electron chi connectivity index (χ4n) is 1.42. The number of amides is 1. The Balaban J connectivity index is 2.68. The number of nitrogens with one attached hydrogen (secondary N) is 1. The van der Waals surface area contributed by atoms with Gasteiger partial charge in [-0.3, -0.25) is 9.63 Å². The Morgan fingerprint density at radius 2 is 1.93 bits per heavy atom. The van der Waals surface area contributed by atoms with E-state index >= 15 is 0 Å². The molecule has 0 heterocycles. The molecule has 0 radical (unpaired) electrons. The second kappa shape index (κ2) is 4.94. The van der Waals surface area contributed by atoms with Gasteiger partial charge in [0.15, 0.2) is 0 Å². The van der Waals surface area contributed by atoms with Gasteiger partial charge in [-0.2, -0.15) is 0 Å². The highest BCUT2D eigenvalue weighted by atomic mass is 16.6. The van der Waals surface area contributed by atoms with Gasteiger partial charge >= 0.3 is 0 Å². The third kappa shape index (κ3) is 3.36. The van der Waals surface area contributed by atoms with E-state index in [1.54, 1.807) is 0 Å². The van der Waals surface area contributed by atoms with Gasteiger partial charge in [0.1, 0.15) is 0 Å². The zero-order valence-corrected chi connectivity index (χ0v) is 9.41. The topological polar surface area (TPSA) is 38.3 Å². The molecule has 0 fully saturated rings. The molecule has 0 spiro atoms. The average molecular weight is 207 g/mol. The Bertz CT molecular complexity index is 320. The predicted octanol–water partition coefficient (Wildman–Crippen LogP) is 1.93. The number of rotatable bonds is 4. The number of carbonyl (C=O) groups excluding carboxylic acids is 1. The summed E-state index contributed by atoms with van der Waals surface area (Å²) in [6.07, 6.45) is 0.697. The normalized spacial score (nSPS) is 11.1. The molecule has 82 valence electrons. The number of hydroxylamine groups is 1. The van der Waals surface area contributed by atoms with Crippen LogP contribution in [0, 0.1) is 5.41 Å². The summed E-state index contributed by atoms with van der Waals surface area (Å²) in [5, 5.41) is 0. The molecule has 1 aromatic carbocycles. The first-order valence-corrected chi connectivity index (χ1v) is 4.93. The van der Waals surface area contributed by atoms with Crippen molar-refractivity contribution in [3.8, 4) is 0 Å². The lowest BCUT2D eigenvalue weighted by Gasteiger charge is -2.22. The largest absolute Gasteiger partial charge is 0.277 e. The molecule has 3 heteroatoms. The SMILES string of the molecule is CONC(=O)C(C)(C)Cc1ccccc1. The minimum atomic E-state index is -0.461. The molecule has 0 unspecified atom stereocenters. The highest BCUT2D eigenvalue weighted by Crippen LogP contribution is 2.21. The van der Waals surface area contributed by atoms with Crippen LogP contribution in [0.15, 0.2) is 30.3 Å². The number of hydrogen-bond acceptors (Lipinski definition) is 2. The Morgan fingerprint density at radius 1 is 1.33 bits per heavy atom. The fraction of sp³-hybridized carbons (Fsp3) is 0.417. The molecule has 0 aliphatic heterocycles. The van der Waals surface area contributed by atoms with Crippen molar-refractivity contribution in [2.24, 2.45) is 5.41 Å². The number of benzene rings is 1. The van der Waals surface area contributed by atoms with E-state index in [2.05, 4.69) is 10.3 Å². The summed E-state index contributed by atoms with van der Waals surface area (Å²) in [5.74, 6) is -0.103. The molecule has 0 aliphatic rings. The van der Waals surface area contributed by atoms with E-state index in [1.165, 1.54) is 7.11 Å². The first-order valence-electron chi connectivity index (χ1n) is 4.93. The minimum absolute atomic E-state index is 0.103. The Hall–Kier alpha value is -1.35. The predicted molar refractivity (Wildman–Crippen MR) is 59.1 cm³/mol. The fourth-order valence-corrected chi connectivity index (χ4v) is 1.42. The maximum absolute atomic E-state index is 11.6.